The number of hydrogen-bond acceptors (Lipinski definition) is 2. The van der Waals surface area contributed by atoms with E-state index in [-0.39, 0.29) is 11.0 Å². The molecule has 2 nitrogen and oxygen atoms in total. The van der Waals surface area contributed by atoms with Crippen LogP contribution in [0, 0.1) is 0 Å². The maximum atomic E-state index is 12.8. The Morgan fingerprint density at radius 2 is 1.85 bits per heavy atom. The number of hydrogen-bond donors (Lipinski definition) is 2. The van der Waals surface area contributed by atoms with Gasteiger partial charge in [0, 0.05) is 16.7 Å². The zero-order valence-electron chi connectivity index (χ0n) is 10.9. The van der Waals surface area contributed by atoms with E-state index in [0.717, 1.165) is 25.3 Å². The molecule has 1 aliphatic carbocycles. The van der Waals surface area contributed by atoms with Gasteiger partial charge in [0.2, 0.25) is 0 Å². The largest absolute Gasteiger partial charge is 0.417 e. The highest BCUT2D eigenvalue weighted by Gasteiger charge is 2.33. The summed E-state index contributed by atoms with van der Waals surface area (Å²) in [5, 5.41) is 13.2. The van der Waals surface area contributed by atoms with Gasteiger partial charge in [0.1, 0.15) is 0 Å². The van der Waals surface area contributed by atoms with Crippen molar-refractivity contribution >= 4 is 21.6 Å². The van der Waals surface area contributed by atoms with Crippen LogP contribution in [-0.2, 0) is 6.18 Å². The molecular formula is C14H17BrF3NO. The molecule has 112 valence electrons. The molecule has 0 aromatic heterocycles. The SMILES string of the molecule is OC1(CNc2ccc(Br)c(C(F)(F)F)c2)CCCCC1. The first-order valence-corrected chi connectivity index (χ1v) is 7.42. The van der Waals surface area contributed by atoms with E-state index in [4.69, 9.17) is 0 Å². The fourth-order valence-electron chi connectivity index (χ4n) is 2.51. The van der Waals surface area contributed by atoms with Crippen LogP contribution in [0.15, 0.2) is 22.7 Å². The van der Waals surface area contributed by atoms with Crippen LogP contribution in [-0.4, -0.2) is 17.3 Å². The predicted molar refractivity (Wildman–Crippen MR) is 75.7 cm³/mol. The third-order valence-corrected chi connectivity index (χ3v) is 4.37. The first-order chi connectivity index (χ1) is 9.30. The summed E-state index contributed by atoms with van der Waals surface area (Å²) in [6.45, 7) is 0.284. The van der Waals surface area contributed by atoms with Crippen molar-refractivity contribution in [3.63, 3.8) is 0 Å². The second-order valence-corrected chi connectivity index (χ2v) is 6.19. The first-order valence-electron chi connectivity index (χ1n) is 6.63. The fraction of sp³-hybridized carbons (Fsp3) is 0.571. The molecule has 1 aromatic carbocycles. The third-order valence-electron chi connectivity index (χ3n) is 3.68. The standard InChI is InChI=1S/C14H17BrF3NO/c15-12-5-4-10(8-11(12)14(16,17)18)19-9-13(20)6-2-1-3-7-13/h4-5,8,19-20H,1-3,6-7,9H2. The van der Waals surface area contributed by atoms with E-state index >= 15 is 0 Å². The summed E-state index contributed by atoms with van der Waals surface area (Å²) in [6, 6.07) is 4.01. The van der Waals surface area contributed by atoms with Gasteiger partial charge >= 0.3 is 6.18 Å². The average Bonchev–Trinajstić information content (AvgIpc) is 2.37. The van der Waals surface area contributed by atoms with Gasteiger partial charge < -0.3 is 10.4 Å². The highest BCUT2D eigenvalue weighted by atomic mass is 79.9. The van der Waals surface area contributed by atoms with Crippen molar-refractivity contribution in [3.8, 4) is 0 Å². The average molecular weight is 352 g/mol. The van der Waals surface area contributed by atoms with Gasteiger partial charge in [-0.05, 0) is 31.0 Å². The second-order valence-electron chi connectivity index (χ2n) is 5.33. The molecule has 2 N–H and O–H groups in total. The van der Waals surface area contributed by atoms with Crippen LogP contribution in [0.2, 0.25) is 0 Å². The zero-order chi connectivity index (χ0) is 14.8. The molecule has 0 spiro atoms. The molecule has 0 saturated heterocycles. The molecule has 0 unspecified atom stereocenters. The monoisotopic (exact) mass is 351 g/mol. The molecule has 0 aliphatic heterocycles. The number of anilines is 1. The summed E-state index contributed by atoms with van der Waals surface area (Å²) in [5.41, 5.74) is -1.14. The molecule has 1 aliphatic rings. The molecular weight excluding hydrogens is 335 g/mol. The zero-order valence-corrected chi connectivity index (χ0v) is 12.5. The van der Waals surface area contributed by atoms with E-state index in [1.54, 1.807) is 6.07 Å². The summed E-state index contributed by atoms with van der Waals surface area (Å²) in [7, 11) is 0. The van der Waals surface area contributed by atoms with Gasteiger partial charge in [-0.2, -0.15) is 13.2 Å². The maximum absolute atomic E-state index is 12.8. The van der Waals surface area contributed by atoms with E-state index in [1.807, 2.05) is 0 Å². The molecule has 0 heterocycles. The molecule has 0 amide bonds. The number of rotatable bonds is 3. The van der Waals surface area contributed by atoms with Gasteiger partial charge in [-0.3, -0.25) is 0 Å². The van der Waals surface area contributed by atoms with Crippen molar-refractivity contribution in [1.82, 2.24) is 0 Å². The number of aliphatic hydroxyl groups is 1. The lowest BCUT2D eigenvalue weighted by atomic mass is 9.85. The van der Waals surface area contributed by atoms with Gasteiger partial charge in [0.15, 0.2) is 0 Å². The minimum Gasteiger partial charge on any atom is -0.388 e. The predicted octanol–water partition coefficient (Wildman–Crippen LogP) is 4.58. The number of halogens is 4. The Morgan fingerprint density at radius 3 is 2.45 bits per heavy atom. The number of benzene rings is 1. The van der Waals surface area contributed by atoms with Crippen molar-refractivity contribution in [2.75, 3.05) is 11.9 Å². The van der Waals surface area contributed by atoms with Gasteiger partial charge in [0.25, 0.3) is 0 Å². The molecule has 1 aromatic rings. The van der Waals surface area contributed by atoms with E-state index in [2.05, 4.69) is 21.2 Å². The topological polar surface area (TPSA) is 32.3 Å². The molecule has 1 saturated carbocycles. The quantitative estimate of drug-likeness (QED) is 0.835. The lowest BCUT2D eigenvalue weighted by Crippen LogP contribution is -2.38. The van der Waals surface area contributed by atoms with Crippen molar-refractivity contribution in [2.24, 2.45) is 0 Å². The Balaban J connectivity index is 2.06. The van der Waals surface area contributed by atoms with Gasteiger partial charge in [-0.15, -0.1) is 0 Å². The van der Waals surface area contributed by atoms with Crippen LogP contribution < -0.4 is 5.32 Å². The summed E-state index contributed by atoms with van der Waals surface area (Å²) < 4.78 is 38.4. The highest BCUT2D eigenvalue weighted by molar-refractivity contribution is 9.10. The van der Waals surface area contributed by atoms with Gasteiger partial charge in [-0.25, -0.2) is 0 Å². The molecule has 0 bridgehead atoms. The molecule has 2 rings (SSSR count). The Bertz CT molecular complexity index is 470. The van der Waals surface area contributed by atoms with E-state index < -0.39 is 17.3 Å². The normalized spacial score (nSPS) is 18.9. The molecule has 6 heteroatoms. The van der Waals surface area contributed by atoms with Crippen molar-refractivity contribution in [2.45, 2.75) is 43.9 Å². The van der Waals surface area contributed by atoms with Crippen LogP contribution >= 0.6 is 15.9 Å². The smallest absolute Gasteiger partial charge is 0.388 e. The molecule has 0 atom stereocenters. The van der Waals surface area contributed by atoms with Crippen LogP contribution in [0.4, 0.5) is 18.9 Å². The van der Waals surface area contributed by atoms with Crippen LogP contribution in [0.25, 0.3) is 0 Å². The number of nitrogens with one attached hydrogen (secondary N) is 1. The summed E-state index contributed by atoms with van der Waals surface area (Å²) in [5.74, 6) is 0. The molecule has 1 fully saturated rings. The van der Waals surface area contributed by atoms with E-state index in [1.165, 1.54) is 6.07 Å². The van der Waals surface area contributed by atoms with E-state index in [9.17, 15) is 18.3 Å². The molecule has 0 radical (unpaired) electrons. The minimum atomic E-state index is -4.39. The maximum Gasteiger partial charge on any atom is 0.417 e. The Hall–Kier alpha value is -0.750. The van der Waals surface area contributed by atoms with Crippen LogP contribution in [0.1, 0.15) is 37.7 Å². The fourth-order valence-corrected chi connectivity index (χ4v) is 2.98. The number of alkyl halides is 3. The Morgan fingerprint density at radius 1 is 1.20 bits per heavy atom. The first kappa shape index (κ1) is 15.6. The lowest BCUT2D eigenvalue weighted by molar-refractivity contribution is -0.138. The van der Waals surface area contributed by atoms with Crippen molar-refractivity contribution < 1.29 is 18.3 Å². The summed E-state index contributed by atoms with van der Waals surface area (Å²) in [6.07, 6.45) is 0.0427. The summed E-state index contributed by atoms with van der Waals surface area (Å²) in [4.78, 5) is 0. The van der Waals surface area contributed by atoms with E-state index in [0.29, 0.717) is 18.5 Å². The Labute approximate surface area is 124 Å². The van der Waals surface area contributed by atoms with Crippen molar-refractivity contribution in [1.29, 1.82) is 0 Å². The van der Waals surface area contributed by atoms with Crippen LogP contribution in [0.3, 0.4) is 0 Å². The minimum absolute atomic E-state index is 0.0203. The Kier molecular flexibility index (Phi) is 4.64. The second kappa shape index (κ2) is 5.93. The highest BCUT2D eigenvalue weighted by Crippen LogP contribution is 2.36. The lowest BCUT2D eigenvalue weighted by Gasteiger charge is -2.32. The third kappa shape index (κ3) is 3.88. The molecule has 20 heavy (non-hydrogen) atoms. The summed E-state index contributed by atoms with van der Waals surface area (Å²) >= 11 is 2.91. The van der Waals surface area contributed by atoms with Gasteiger partial charge in [0.05, 0.1) is 11.2 Å². The van der Waals surface area contributed by atoms with Crippen LogP contribution in [0.5, 0.6) is 0 Å². The van der Waals surface area contributed by atoms with Gasteiger partial charge in [-0.1, -0.05) is 35.2 Å². The van der Waals surface area contributed by atoms with Crippen molar-refractivity contribution in [3.05, 3.63) is 28.2 Å².